The molecule has 2 heterocycles. The van der Waals surface area contributed by atoms with E-state index in [0.29, 0.717) is 13.1 Å². The summed E-state index contributed by atoms with van der Waals surface area (Å²) in [4.78, 5) is 16.2. The third-order valence-electron chi connectivity index (χ3n) is 6.21. The van der Waals surface area contributed by atoms with Gasteiger partial charge in [-0.1, -0.05) is 36.4 Å². The minimum atomic E-state index is 0.0987. The second-order valence-electron chi connectivity index (χ2n) is 8.73. The van der Waals surface area contributed by atoms with E-state index in [9.17, 15) is 4.79 Å². The number of amides is 1. The van der Waals surface area contributed by atoms with Crippen LogP contribution in [0.3, 0.4) is 0 Å². The molecule has 1 aromatic heterocycles. The quantitative estimate of drug-likeness (QED) is 0.424. The number of fused-ring (bicyclic) bond motifs is 1. The summed E-state index contributed by atoms with van der Waals surface area (Å²) in [5.74, 6) is 0.957. The molecule has 34 heavy (non-hydrogen) atoms. The number of rotatable bonds is 8. The van der Waals surface area contributed by atoms with Gasteiger partial charge in [-0.3, -0.25) is 14.8 Å². The van der Waals surface area contributed by atoms with Crippen molar-refractivity contribution in [2.24, 2.45) is 0 Å². The van der Waals surface area contributed by atoms with Crippen LogP contribution in [0, 0.1) is 0 Å². The highest BCUT2D eigenvalue weighted by Crippen LogP contribution is 2.24. The second-order valence-corrected chi connectivity index (χ2v) is 8.73. The number of nitrogens with zero attached hydrogens (tertiary/aromatic N) is 3. The fourth-order valence-electron chi connectivity index (χ4n) is 4.43. The molecule has 0 unspecified atom stereocenters. The Morgan fingerprint density at radius 2 is 1.79 bits per heavy atom. The predicted octanol–water partition coefficient (Wildman–Crippen LogP) is 3.71. The largest absolute Gasteiger partial charge is 0.497 e. The van der Waals surface area contributed by atoms with Crippen LogP contribution in [0.1, 0.15) is 16.7 Å². The van der Waals surface area contributed by atoms with E-state index in [-0.39, 0.29) is 5.91 Å². The number of carbonyl (C=O) groups is 1. The summed E-state index contributed by atoms with van der Waals surface area (Å²) in [5.41, 5.74) is 5.79. The summed E-state index contributed by atoms with van der Waals surface area (Å²) in [6, 6.07) is 23.3. The van der Waals surface area contributed by atoms with Crippen LogP contribution >= 0.6 is 0 Å². The van der Waals surface area contributed by atoms with Gasteiger partial charge < -0.3 is 15.0 Å². The minimum Gasteiger partial charge on any atom is -0.497 e. The summed E-state index contributed by atoms with van der Waals surface area (Å²) in [7, 11) is 1.70. The van der Waals surface area contributed by atoms with E-state index >= 15 is 0 Å². The molecule has 4 aromatic rings. The van der Waals surface area contributed by atoms with Gasteiger partial charge in [0.2, 0.25) is 5.91 Å². The van der Waals surface area contributed by atoms with Crippen molar-refractivity contribution in [3.05, 3.63) is 89.6 Å². The van der Waals surface area contributed by atoms with E-state index < -0.39 is 0 Å². The zero-order chi connectivity index (χ0) is 23.3. The maximum absolute atomic E-state index is 11.7. The summed E-state index contributed by atoms with van der Waals surface area (Å²) < 4.78 is 5.43. The number of carbonyl (C=O) groups excluding carboxylic acids is 1. The van der Waals surface area contributed by atoms with Crippen molar-refractivity contribution < 1.29 is 9.53 Å². The lowest BCUT2D eigenvalue weighted by Crippen LogP contribution is -2.47. The molecule has 7 heteroatoms. The van der Waals surface area contributed by atoms with Crippen molar-refractivity contribution in [3.63, 3.8) is 0 Å². The van der Waals surface area contributed by atoms with E-state index in [1.807, 2.05) is 18.3 Å². The summed E-state index contributed by atoms with van der Waals surface area (Å²) in [6.07, 6.45) is 1.85. The fraction of sp³-hybridized carbons (Fsp3) is 0.259. The van der Waals surface area contributed by atoms with Gasteiger partial charge in [0.15, 0.2) is 0 Å². The summed E-state index contributed by atoms with van der Waals surface area (Å²) in [6.45, 7) is 4.35. The monoisotopic (exact) mass is 455 g/mol. The number of methoxy groups -OCH3 is 1. The number of benzene rings is 3. The number of H-pyrrole nitrogens is 1. The van der Waals surface area contributed by atoms with Crippen molar-refractivity contribution in [2.75, 3.05) is 31.6 Å². The van der Waals surface area contributed by atoms with Crippen LogP contribution in [0.15, 0.2) is 72.9 Å². The number of aromatic nitrogens is 2. The van der Waals surface area contributed by atoms with Crippen LogP contribution in [0.25, 0.3) is 10.9 Å². The fourth-order valence-corrected chi connectivity index (χ4v) is 4.43. The molecule has 0 saturated carbocycles. The second kappa shape index (κ2) is 9.97. The molecular weight excluding hydrogens is 426 g/mol. The van der Waals surface area contributed by atoms with Crippen LogP contribution in [0.5, 0.6) is 5.75 Å². The number of anilines is 1. The first-order chi connectivity index (χ1) is 16.7. The Kier molecular flexibility index (Phi) is 6.44. The van der Waals surface area contributed by atoms with E-state index in [2.05, 4.69) is 79.9 Å². The van der Waals surface area contributed by atoms with Crippen LogP contribution in [-0.2, 0) is 24.4 Å². The minimum absolute atomic E-state index is 0.0987. The Morgan fingerprint density at radius 1 is 1.00 bits per heavy atom. The van der Waals surface area contributed by atoms with Gasteiger partial charge in [0.25, 0.3) is 0 Å². The lowest BCUT2D eigenvalue weighted by Gasteiger charge is -2.28. The highest BCUT2D eigenvalue weighted by atomic mass is 16.5. The lowest BCUT2D eigenvalue weighted by atomic mass is 10.1. The van der Waals surface area contributed by atoms with E-state index in [1.165, 1.54) is 16.7 Å². The van der Waals surface area contributed by atoms with Crippen molar-refractivity contribution in [3.8, 4) is 5.75 Å². The number of ether oxygens (including phenoxy) is 1. The average Bonchev–Trinajstić information content (AvgIpc) is 3.32. The Hall–Kier alpha value is -3.84. The van der Waals surface area contributed by atoms with Crippen molar-refractivity contribution >= 4 is 22.5 Å². The number of hydrogen-bond donors (Lipinski definition) is 2. The Bertz CT molecular complexity index is 1270. The topological polar surface area (TPSA) is 73.5 Å². The molecule has 7 nitrogen and oxygen atoms in total. The first-order valence-electron chi connectivity index (χ1n) is 11.5. The summed E-state index contributed by atoms with van der Waals surface area (Å²) >= 11 is 0. The van der Waals surface area contributed by atoms with Crippen molar-refractivity contribution in [1.82, 2.24) is 20.4 Å². The zero-order valence-electron chi connectivity index (χ0n) is 19.3. The van der Waals surface area contributed by atoms with Crippen molar-refractivity contribution in [2.45, 2.75) is 19.6 Å². The number of piperazine rings is 1. The maximum atomic E-state index is 11.7. The molecule has 0 aliphatic carbocycles. The van der Waals surface area contributed by atoms with Crippen LogP contribution in [0.2, 0.25) is 0 Å². The van der Waals surface area contributed by atoms with E-state index in [1.54, 1.807) is 7.11 Å². The maximum Gasteiger partial charge on any atom is 0.234 e. The first-order valence-corrected chi connectivity index (χ1v) is 11.5. The van der Waals surface area contributed by atoms with Gasteiger partial charge in [-0.15, -0.1) is 0 Å². The third kappa shape index (κ3) is 5.21. The molecule has 3 aromatic carbocycles. The zero-order valence-corrected chi connectivity index (χ0v) is 19.3. The molecular formula is C27H29N5O2. The van der Waals surface area contributed by atoms with E-state index in [0.717, 1.165) is 48.5 Å². The van der Waals surface area contributed by atoms with Gasteiger partial charge in [-0.2, -0.15) is 5.10 Å². The Balaban J connectivity index is 1.37. The van der Waals surface area contributed by atoms with Crippen LogP contribution in [-0.4, -0.2) is 47.7 Å². The first kappa shape index (κ1) is 22.0. The third-order valence-corrected chi connectivity index (χ3v) is 6.21. The molecule has 0 atom stereocenters. The normalized spacial score (nSPS) is 14.2. The Morgan fingerprint density at radius 3 is 2.59 bits per heavy atom. The molecule has 1 aliphatic rings. The molecule has 1 saturated heterocycles. The molecule has 2 N–H and O–H groups in total. The van der Waals surface area contributed by atoms with Gasteiger partial charge in [-0.05, 0) is 47.0 Å². The smallest absolute Gasteiger partial charge is 0.234 e. The molecule has 5 rings (SSSR count). The van der Waals surface area contributed by atoms with Crippen LogP contribution in [0.4, 0.5) is 5.69 Å². The number of hydrogen-bond acceptors (Lipinski definition) is 5. The molecule has 0 spiro atoms. The van der Waals surface area contributed by atoms with Gasteiger partial charge in [0.05, 0.1) is 25.4 Å². The SMILES string of the molecule is COc1cccc(CN(Cc2ccc3cn[nH]c3c2)c2ccc(CN3CCNC(=O)C3)cc2)c1. The number of nitrogens with one attached hydrogen (secondary N) is 2. The molecule has 0 bridgehead atoms. The molecule has 1 amide bonds. The van der Waals surface area contributed by atoms with Gasteiger partial charge in [0, 0.05) is 43.8 Å². The lowest BCUT2D eigenvalue weighted by molar-refractivity contribution is -0.124. The molecule has 1 aliphatic heterocycles. The van der Waals surface area contributed by atoms with Gasteiger partial charge in [-0.25, -0.2) is 0 Å². The predicted molar refractivity (Wildman–Crippen MR) is 134 cm³/mol. The molecule has 174 valence electrons. The molecule has 0 radical (unpaired) electrons. The average molecular weight is 456 g/mol. The highest BCUT2D eigenvalue weighted by Gasteiger charge is 2.16. The number of aromatic amines is 1. The molecule has 1 fully saturated rings. The summed E-state index contributed by atoms with van der Waals surface area (Å²) in [5, 5.41) is 11.2. The van der Waals surface area contributed by atoms with Crippen LogP contribution < -0.4 is 15.0 Å². The standard InChI is InChI=1S/C27H29N5O2/c1-34-25-4-2-3-21(13-25)17-32(18-22-5-8-23-15-29-30-26(23)14-22)24-9-6-20(7-10-24)16-31-12-11-28-27(33)19-31/h2-10,13-15H,11-12,16-19H2,1H3,(H,28,33)(H,29,30). The highest BCUT2D eigenvalue weighted by molar-refractivity contribution is 5.79. The van der Waals surface area contributed by atoms with Gasteiger partial charge in [0.1, 0.15) is 5.75 Å². The van der Waals surface area contributed by atoms with E-state index in [4.69, 9.17) is 4.74 Å². The van der Waals surface area contributed by atoms with Crippen molar-refractivity contribution in [1.29, 1.82) is 0 Å². The van der Waals surface area contributed by atoms with Gasteiger partial charge >= 0.3 is 0 Å². The Labute approximate surface area is 199 Å².